The predicted molar refractivity (Wildman–Crippen MR) is 121 cm³/mol. The van der Waals surface area contributed by atoms with Crippen molar-refractivity contribution in [3.63, 3.8) is 0 Å². The minimum absolute atomic E-state index is 0.0121. The molecule has 1 atom stereocenters. The highest BCUT2D eigenvalue weighted by atomic mass is 35.5. The molecule has 1 N–H and O–H groups in total. The molecule has 1 aromatic heterocycles. The molecule has 2 amide bonds. The number of nitrogens with one attached hydrogen (secondary N) is 1. The SMILES string of the molecule is CC(=O)NC(CC(=O)N(CCCN(C)C)Cc1ccc(Cl)c(Cl)c1)c1cccs1. The molecule has 0 aliphatic rings. The highest BCUT2D eigenvalue weighted by Gasteiger charge is 2.22. The first kappa shape index (κ1) is 23.7. The van der Waals surface area contributed by atoms with E-state index in [1.807, 2.05) is 42.6 Å². The summed E-state index contributed by atoms with van der Waals surface area (Å²) in [6.07, 6.45) is 1.06. The van der Waals surface area contributed by atoms with E-state index in [4.69, 9.17) is 23.2 Å². The molecular formula is C21H27Cl2N3O2S. The maximum atomic E-state index is 13.2. The number of rotatable bonds is 10. The molecule has 1 aromatic carbocycles. The molecule has 5 nitrogen and oxygen atoms in total. The van der Waals surface area contributed by atoms with Crippen LogP contribution < -0.4 is 5.32 Å². The highest BCUT2D eigenvalue weighted by molar-refractivity contribution is 7.10. The molecule has 0 fully saturated rings. The molecule has 158 valence electrons. The molecular weight excluding hydrogens is 429 g/mol. The van der Waals surface area contributed by atoms with E-state index >= 15 is 0 Å². The van der Waals surface area contributed by atoms with Crippen molar-refractivity contribution in [1.29, 1.82) is 0 Å². The summed E-state index contributed by atoms with van der Waals surface area (Å²) < 4.78 is 0. The third-order valence-corrected chi connectivity index (χ3v) is 6.11. The predicted octanol–water partition coefficient (Wildman–Crippen LogP) is 4.60. The first-order chi connectivity index (χ1) is 13.8. The quantitative estimate of drug-likeness (QED) is 0.569. The van der Waals surface area contributed by atoms with Crippen LogP contribution in [-0.2, 0) is 16.1 Å². The van der Waals surface area contributed by atoms with Crippen molar-refractivity contribution in [1.82, 2.24) is 15.1 Å². The number of carbonyl (C=O) groups is 2. The van der Waals surface area contributed by atoms with Gasteiger partial charge in [-0.05, 0) is 56.2 Å². The number of nitrogens with zero attached hydrogens (tertiary/aromatic N) is 2. The van der Waals surface area contributed by atoms with Crippen LogP contribution in [0, 0.1) is 0 Å². The number of carbonyl (C=O) groups excluding carboxylic acids is 2. The summed E-state index contributed by atoms with van der Waals surface area (Å²) in [7, 11) is 4.02. The maximum absolute atomic E-state index is 13.2. The minimum atomic E-state index is -0.329. The van der Waals surface area contributed by atoms with E-state index in [2.05, 4.69) is 10.2 Å². The normalized spacial score (nSPS) is 12.1. The second kappa shape index (κ2) is 11.6. The van der Waals surface area contributed by atoms with Gasteiger partial charge in [0, 0.05) is 24.9 Å². The Morgan fingerprint density at radius 1 is 1.14 bits per heavy atom. The van der Waals surface area contributed by atoms with Crippen LogP contribution in [0.5, 0.6) is 0 Å². The Labute approximate surface area is 186 Å². The number of thiophene rings is 1. The fourth-order valence-corrected chi connectivity index (χ4v) is 4.09. The van der Waals surface area contributed by atoms with E-state index < -0.39 is 0 Å². The molecule has 0 radical (unpaired) electrons. The molecule has 2 rings (SSSR count). The van der Waals surface area contributed by atoms with Gasteiger partial charge in [0.05, 0.1) is 22.5 Å². The second-order valence-corrected chi connectivity index (χ2v) is 8.99. The second-order valence-electron chi connectivity index (χ2n) is 7.19. The molecule has 0 bridgehead atoms. The molecule has 0 spiro atoms. The maximum Gasteiger partial charge on any atom is 0.225 e. The van der Waals surface area contributed by atoms with Crippen LogP contribution in [0.15, 0.2) is 35.7 Å². The zero-order valence-corrected chi connectivity index (χ0v) is 19.3. The van der Waals surface area contributed by atoms with Crippen LogP contribution in [0.4, 0.5) is 0 Å². The lowest BCUT2D eigenvalue weighted by Gasteiger charge is -2.26. The molecule has 1 heterocycles. The molecule has 0 aliphatic carbocycles. The summed E-state index contributed by atoms with van der Waals surface area (Å²) in [6, 6.07) is 8.95. The topological polar surface area (TPSA) is 52.7 Å². The molecule has 2 aromatic rings. The van der Waals surface area contributed by atoms with Crippen LogP contribution in [0.3, 0.4) is 0 Å². The number of hydrogen-bond donors (Lipinski definition) is 1. The van der Waals surface area contributed by atoms with Crippen LogP contribution in [0.1, 0.15) is 36.2 Å². The Morgan fingerprint density at radius 3 is 2.48 bits per heavy atom. The van der Waals surface area contributed by atoms with Crippen molar-refractivity contribution in [3.05, 3.63) is 56.2 Å². The van der Waals surface area contributed by atoms with Gasteiger partial charge in [-0.25, -0.2) is 0 Å². The summed E-state index contributed by atoms with van der Waals surface area (Å²) in [5.74, 6) is -0.165. The molecule has 1 unspecified atom stereocenters. The third-order valence-electron chi connectivity index (χ3n) is 4.39. The van der Waals surface area contributed by atoms with Crippen LogP contribution >= 0.6 is 34.5 Å². The number of halogens is 2. The monoisotopic (exact) mass is 455 g/mol. The molecule has 8 heteroatoms. The van der Waals surface area contributed by atoms with E-state index in [9.17, 15) is 9.59 Å². The van der Waals surface area contributed by atoms with Crippen molar-refractivity contribution in [2.75, 3.05) is 27.2 Å². The minimum Gasteiger partial charge on any atom is -0.348 e. The van der Waals surface area contributed by atoms with Crippen molar-refractivity contribution in [2.45, 2.75) is 32.4 Å². The van der Waals surface area contributed by atoms with Crippen LogP contribution in [-0.4, -0.2) is 48.8 Å². The Morgan fingerprint density at radius 2 is 1.90 bits per heavy atom. The van der Waals surface area contributed by atoms with Crippen molar-refractivity contribution >= 4 is 46.4 Å². The summed E-state index contributed by atoms with van der Waals surface area (Å²) >= 11 is 13.7. The van der Waals surface area contributed by atoms with E-state index in [0.717, 1.165) is 23.4 Å². The van der Waals surface area contributed by atoms with Gasteiger partial charge < -0.3 is 15.1 Å². The van der Waals surface area contributed by atoms with E-state index in [0.29, 0.717) is 23.1 Å². The van der Waals surface area contributed by atoms with Gasteiger partial charge in [0.2, 0.25) is 11.8 Å². The molecule has 0 saturated carbocycles. The van der Waals surface area contributed by atoms with Gasteiger partial charge in [0.25, 0.3) is 0 Å². The zero-order valence-electron chi connectivity index (χ0n) is 17.0. The first-order valence-corrected chi connectivity index (χ1v) is 11.1. The number of hydrogen-bond acceptors (Lipinski definition) is 4. The Hall–Kier alpha value is -1.60. The van der Waals surface area contributed by atoms with Crippen molar-refractivity contribution in [3.8, 4) is 0 Å². The summed E-state index contributed by atoms with van der Waals surface area (Å²) in [5, 5.41) is 5.81. The van der Waals surface area contributed by atoms with Gasteiger partial charge in [-0.1, -0.05) is 35.3 Å². The first-order valence-electron chi connectivity index (χ1n) is 9.43. The smallest absolute Gasteiger partial charge is 0.225 e. The van der Waals surface area contributed by atoms with E-state index in [1.54, 1.807) is 12.1 Å². The van der Waals surface area contributed by atoms with Gasteiger partial charge in [-0.2, -0.15) is 0 Å². The third kappa shape index (κ3) is 7.97. The van der Waals surface area contributed by atoms with Crippen LogP contribution in [0.2, 0.25) is 10.0 Å². The van der Waals surface area contributed by atoms with Crippen LogP contribution in [0.25, 0.3) is 0 Å². The molecule has 0 saturated heterocycles. The molecule has 0 aliphatic heterocycles. The average Bonchev–Trinajstić information content (AvgIpc) is 3.17. The summed E-state index contributed by atoms with van der Waals surface area (Å²) in [4.78, 5) is 29.7. The van der Waals surface area contributed by atoms with E-state index in [-0.39, 0.29) is 24.3 Å². The average molecular weight is 456 g/mol. The Bertz CT molecular complexity index is 812. The Balaban J connectivity index is 2.15. The van der Waals surface area contributed by atoms with Crippen molar-refractivity contribution < 1.29 is 9.59 Å². The lowest BCUT2D eigenvalue weighted by molar-refractivity contribution is -0.132. The lowest BCUT2D eigenvalue weighted by atomic mass is 10.1. The van der Waals surface area contributed by atoms with Gasteiger partial charge in [0.1, 0.15) is 0 Å². The largest absolute Gasteiger partial charge is 0.348 e. The summed E-state index contributed by atoms with van der Waals surface area (Å²) in [5.41, 5.74) is 0.921. The van der Waals surface area contributed by atoms with Gasteiger partial charge >= 0.3 is 0 Å². The van der Waals surface area contributed by atoms with Gasteiger partial charge in [-0.15, -0.1) is 11.3 Å². The highest BCUT2D eigenvalue weighted by Crippen LogP contribution is 2.25. The zero-order chi connectivity index (χ0) is 21.4. The fourth-order valence-electron chi connectivity index (χ4n) is 2.99. The van der Waals surface area contributed by atoms with Crippen molar-refractivity contribution in [2.24, 2.45) is 0 Å². The van der Waals surface area contributed by atoms with E-state index in [1.165, 1.54) is 18.3 Å². The van der Waals surface area contributed by atoms with Gasteiger partial charge in [-0.3, -0.25) is 9.59 Å². The number of benzene rings is 1. The Kier molecular flexibility index (Phi) is 9.43. The lowest BCUT2D eigenvalue weighted by Crippen LogP contribution is -2.36. The molecule has 29 heavy (non-hydrogen) atoms. The fraction of sp³-hybridized carbons (Fsp3) is 0.429. The summed E-state index contributed by atoms with van der Waals surface area (Å²) in [6.45, 7) is 3.41. The van der Waals surface area contributed by atoms with Gasteiger partial charge in [0.15, 0.2) is 0 Å². The number of amides is 2. The standard InChI is InChI=1S/C21H27Cl2N3O2S/c1-15(27)24-19(20-6-4-11-29-20)13-21(28)26(10-5-9-25(2)3)14-16-7-8-17(22)18(23)12-16/h4,6-8,11-12,19H,5,9-10,13-14H2,1-3H3,(H,24,27).